The number of sulfonamides is 1. The standard InChI is InChI=1S/C18H17N3O4S/c1-25-18(22)15-6-5-9-17(10-15)26(23,24)20-12-14-11-19-21(13-14)16-7-3-2-4-8-16/h2-11,13,20H,12H2,1H3. The molecule has 2 aromatic carbocycles. The van der Waals surface area contributed by atoms with Crippen LogP contribution >= 0.6 is 0 Å². The molecule has 0 saturated carbocycles. The highest BCUT2D eigenvalue weighted by atomic mass is 32.2. The third-order valence-electron chi connectivity index (χ3n) is 3.69. The topological polar surface area (TPSA) is 90.3 Å². The van der Waals surface area contributed by atoms with E-state index in [1.807, 2.05) is 30.3 Å². The molecule has 0 aliphatic rings. The zero-order valence-electron chi connectivity index (χ0n) is 14.0. The summed E-state index contributed by atoms with van der Waals surface area (Å²) in [6, 6.07) is 15.2. The lowest BCUT2D eigenvalue weighted by atomic mass is 10.2. The van der Waals surface area contributed by atoms with Gasteiger partial charge in [0.15, 0.2) is 0 Å². The van der Waals surface area contributed by atoms with E-state index in [-0.39, 0.29) is 17.0 Å². The maximum atomic E-state index is 12.5. The minimum atomic E-state index is -3.77. The number of carbonyl (C=O) groups excluding carboxylic acids is 1. The molecule has 8 heteroatoms. The average molecular weight is 371 g/mol. The number of para-hydroxylation sites is 1. The first-order chi connectivity index (χ1) is 12.5. The second-order valence-corrected chi connectivity index (χ2v) is 7.24. The van der Waals surface area contributed by atoms with Gasteiger partial charge in [0, 0.05) is 18.3 Å². The van der Waals surface area contributed by atoms with Crippen LogP contribution in [0.1, 0.15) is 15.9 Å². The van der Waals surface area contributed by atoms with Gasteiger partial charge in [0.25, 0.3) is 0 Å². The Bertz CT molecular complexity index is 1010. The van der Waals surface area contributed by atoms with Crippen LogP contribution in [-0.4, -0.2) is 31.3 Å². The molecule has 1 N–H and O–H groups in total. The molecule has 0 radical (unpaired) electrons. The van der Waals surface area contributed by atoms with Gasteiger partial charge in [-0.2, -0.15) is 5.10 Å². The fourth-order valence-corrected chi connectivity index (χ4v) is 3.41. The van der Waals surface area contributed by atoms with Crippen molar-refractivity contribution in [3.05, 3.63) is 78.1 Å². The molecule has 7 nitrogen and oxygen atoms in total. The van der Waals surface area contributed by atoms with Crippen molar-refractivity contribution < 1.29 is 17.9 Å². The Hall–Kier alpha value is -2.97. The molecule has 0 bridgehead atoms. The molecule has 0 amide bonds. The van der Waals surface area contributed by atoms with Crippen molar-refractivity contribution in [2.75, 3.05) is 7.11 Å². The number of hydrogen-bond acceptors (Lipinski definition) is 5. The summed E-state index contributed by atoms with van der Waals surface area (Å²) < 4.78 is 33.7. The van der Waals surface area contributed by atoms with E-state index in [9.17, 15) is 13.2 Å². The number of nitrogens with zero attached hydrogens (tertiary/aromatic N) is 2. The summed E-state index contributed by atoms with van der Waals surface area (Å²) in [4.78, 5) is 11.6. The van der Waals surface area contributed by atoms with Gasteiger partial charge in [-0.1, -0.05) is 24.3 Å². The van der Waals surface area contributed by atoms with Crippen molar-refractivity contribution in [2.24, 2.45) is 0 Å². The van der Waals surface area contributed by atoms with Crippen LogP contribution in [-0.2, 0) is 21.3 Å². The molecule has 134 valence electrons. The van der Waals surface area contributed by atoms with Gasteiger partial charge in [-0.15, -0.1) is 0 Å². The quantitative estimate of drug-likeness (QED) is 0.671. The minimum Gasteiger partial charge on any atom is -0.465 e. The maximum absolute atomic E-state index is 12.5. The number of benzene rings is 2. The highest BCUT2D eigenvalue weighted by Gasteiger charge is 2.16. The molecule has 0 spiro atoms. The molecule has 0 atom stereocenters. The SMILES string of the molecule is COC(=O)c1cccc(S(=O)(=O)NCc2cnn(-c3ccccc3)c2)c1. The van der Waals surface area contributed by atoms with Gasteiger partial charge in [0.2, 0.25) is 10.0 Å². The van der Waals surface area contributed by atoms with E-state index in [4.69, 9.17) is 0 Å². The summed E-state index contributed by atoms with van der Waals surface area (Å²) in [6.45, 7) is 0.0810. The van der Waals surface area contributed by atoms with Gasteiger partial charge < -0.3 is 4.74 Å². The fraction of sp³-hybridized carbons (Fsp3) is 0.111. The molecule has 0 fully saturated rings. The van der Waals surface area contributed by atoms with E-state index >= 15 is 0 Å². The third kappa shape index (κ3) is 3.98. The van der Waals surface area contributed by atoms with Crippen LogP contribution in [0.4, 0.5) is 0 Å². The molecule has 1 aromatic heterocycles. The van der Waals surface area contributed by atoms with Crippen LogP contribution in [0, 0.1) is 0 Å². The van der Waals surface area contributed by atoms with Crippen molar-refractivity contribution in [1.29, 1.82) is 0 Å². The molecule has 3 aromatic rings. The van der Waals surface area contributed by atoms with Gasteiger partial charge >= 0.3 is 5.97 Å². The second-order valence-electron chi connectivity index (χ2n) is 5.47. The van der Waals surface area contributed by atoms with Crippen LogP contribution in [0.25, 0.3) is 5.69 Å². The normalized spacial score (nSPS) is 11.3. The lowest BCUT2D eigenvalue weighted by Gasteiger charge is -2.07. The lowest BCUT2D eigenvalue weighted by Crippen LogP contribution is -2.23. The van der Waals surface area contributed by atoms with E-state index in [2.05, 4.69) is 14.6 Å². The number of rotatable bonds is 6. The highest BCUT2D eigenvalue weighted by molar-refractivity contribution is 7.89. The van der Waals surface area contributed by atoms with Gasteiger partial charge in [-0.3, -0.25) is 0 Å². The first-order valence-electron chi connectivity index (χ1n) is 7.76. The number of methoxy groups -OCH3 is 1. The number of esters is 1. The van der Waals surface area contributed by atoms with E-state index < -0.39 is 16.0 Å². The van der Waals surface area contributed by atoms with Crippen LogP contribution in [0.5, 0.6) is 0 Å². The zero-order valence-corrected chi connectivity index (χ0v) is 14.8. The third-order valence-corrected chi connectivity index (χ3v) is 5.09. The Balaban J connectivity index is 1.73. The van der Waals surface area contributed by atoms with Crippen molar-refractivity contribution >= 4 is 16.0 Å². The van der Waals surface area contributed by atoms with E-state index in [0.717, 1.165) is 5.69 Å². The molecule has 0 aliphatic carbocycles. The summed E-state index contributed by atoms with van der Waals surface area (Å²) in [6.07, 6.45) is 3.35. The molecule has 0 saturated heterocycles. The first-order valence-corrected chi connectivity index (χ1v) is 9.25. The second kappa shape index (κ2) is 7.51. The van der Waals surface area contributed by atoms with Gasteiger partial charge in [-0.05, 0) is 30.3 Å². The first kappa shape index (κ1) is 17.8. The lowest BCUT2D eigenvalue weighted by molar-refractivity contribution is 0.0600. The van der Waals surface area contributed by atoms with E-state index in [1.54, 1.807) is 17.1 Å². The summed E-state index contributed by atoms with van der Waals surface area (Å²) in [5, 5.41) is 4.23. The maximum Gasteiger partial charge on any atom is 0.337 e. The van der Waals surface area contributed by atoms with Crippen LogP contribution in [0.3, 0.4) is 0 Å². The van der Waals surface area contributed by atoms with Gasteiger partial charge in [-0.25, -0.2) is 22.6 Å². The number of aromatic nitrogens is 2. The Morgan fingerprint density at radius 1 is 1.15 bits per heavy atom. The predicted molar refractivity (Wildman–Crippen MR) is 95.4 cm³/mol. The van der Waals surface area contributed by atoms with Crippen LogP contribution in [0.2, 0.25) is 0 Å². The van der Waals surface area contributed by atoms with Crippen LogP contribution < -0.4 is 4.72 Å². The number of carbonyl (C=O) groups is 1. The fourth-order valence-electron chi connectivity index (χ4n) is 2.34. The highest BCUT2D eigenvalue weighted by Crippen LogP contribution is 2.13. The molecule has 1 heterocycles. The van der Waals surface area contributed by atoms with Gasteiger partial charge in [0.1, 0.15) is 0 Å². The predicted octanol–water partition coefficient (Wildman–Crippen LogP) is 2.14. The van der Waals surface area contributed by atoms with Gasteiger partial charge in [0.05, 0.1) is 29.5 Å². The Morgan fingerprint density at radius 3 is 2.65 bits per heavy atom. The molecule has 26 heavy (non-hydrogen) atoms. The minimum absolute atomic E-state index is 0.00384. The smallest absolute Gasteiger partial charge is 0.337 e. The molecular weight excluding hydrogens is 354 g/mol. The molecular formula is C18H17N3O4S. The number of ether oxygens (including phenoxy) is 1. The van der Waals surface area contributed by atoms with E-state index in [0.29, 0.717) is 5.56 Å². The van der Waals surface area contributed by atoms with Crippen molar-refractivity contribution in [2.45, 2.75) is 11.4 Å². The van der Waals surface area contributed by atoms with E-state index in [1.165, 1.54) is 31.4 Å². The number of hydrogen-bond donors (Lipinski definition) is 1. The summed E-state index contributed by atoms with van der Waals surface area (Å²) in [5.41, 5.74) is 1.77. The molecule has 3 rings (SSSR count). The van der Waals surface area contributed by atoms with Crippen molar-refractivity contribution in [3.63, 3.8) is 0 Å². The zero-order chi connectivity index (χ0) is 18.6. The molecule has 0 aliphatic heterocycles. The monoisotopic (exact) mass is 371 g/mol. The summed E-state index contributed by atoms with van der Waals surface area (Å²) >= 11 is 0. The van der Waals surface area contributed by atoms with Crippen molar-refractivity contribution in [3.8, 4) is 5.69 Å². The van der Waals surface area contributed by atoms with Crippen LogP contribution in [0.15, 0.2) is 71.9 Å². The summed E-state index contributed by atoms with van der Waals surface area (Å²) in [5.74, 6) is -0.591. The Labute approximate surface area is 151 Å². The Kier molecular flexibility index (Phi) is 5.15. The average Bonchev–Trinajstić information content (AvgIpc) is 3.16. The summed E-state index contributed by atoms with van der Waals surface area (Å²) in [7, 11) is -2.53. The largest absolute Gasteiger partial charge is 0.465 e. The van der Waals surface area contributed by atoms with Crippen molar-refractivity contribution in [1.82, 2.24) is 14.5 Å². The Morgan fingerprint density at radius 2 is 1.92 bits per heavy atom. The number of nitrogens with one attached hydrogen (secondary N) is 1. The molecule has 0 unspecified atom stereocenters.